The maximum absolute atomic E-state index is 12.7. The molecular formula is C24H24Cl2N2O4. The van der Waals surface area contributed by atoms with Gasteiger partial charge in [-0.25, -0.2) is 9.59 Å². The Hall–Kier alpha value is -2.96. The second-order valence-corrected chi connectivity index (χ2v) is 8.32. The molecule has 2 aromatic rings. The molecule has 0 aliphatic heterocycles. The highest BCUT2D eigenvalue weighted by Crippen LogP contribution is 2.35. The van der Waals surface area contributed by atoms with Crippen LogP contribution >= 0.6 is 23.2 Å². The number of halogens is 2. The van der Waals surface area contributed by atoms with Crippen LogP contribution in [0.2, 0.25) is 10.0 Å². The molecule has 0 atom stereocenters. The Balaban J connectivity index is 2.00. The van der Waals surface area contributed by atoms with Gasteiger partial charge < -0.3 is 20.5 Å². The van der Waals surface area contributed by atoms with Gasteiger partial charge in [0.05, 0.1) is 39.2 Å². The van der Waals surface area contributed by atoms with E-state index in [0.29, 0.717) is 38.4 Å². The number of rotatable bonds is 7. The fourth-order valence-electron chi connectivity index (χ4n) is 3.41. The SMILES string of the molecule is CCOC(=O)C1=C(Nc2ccc(C)cc2Cl)CC(C(=O)O)=C(Nc2ccc(C)cc2Cl)C1. The van der Waals surface area contributed by atoms with Crippen molar-refractivity contribution in [3.05, 3.63) is 80.1 Å². The number of aryl methyl sites for hydroxylation is 2. The van der Waals surface area contributed by atoms with Crippen LogP contribution in [0.3, 0.4) is 0 Å². The summed E-state index contributed by atoms with van der Waals surface area (Å²) in [5.74, 6) is -1.61. The zero-order valence-electron chi connectivity index (χ0n) is 18.0. The molecule has 0 saturated carbocycles. The molecule has 0 saturated heterocycles. The summed E-state index contributed by atoms with van der Waals surface area (Å²) in [5, 5.41) is 17.1. The lowest BCUT2D eigenvalue weighted by atomic mass is 9.92. The van der Waals surface area contributed by atoms with E-state index in [1.807, 2.05) is 26.0 Å². The molecule has 0 amide bonds. The fraction of sp³-hybridized carbons (Fsp3) is 0.250. The van der Waals surface area contributed by atoms with Crippen molar-refractivity contribution >= 4 is 46.5 Å². The highest BCUT2D eigenvalue weighted by Gasteiger charge is 2.30. The second kappa shape index (κ2) is 10.1. The quantitative estimate of drug-likeness (QED) is 0.421. The first-order valence-electron chi connectivity index (χ1n) is 10.1. The van der Waals surface area contributed by atoms with Gasteiger partial charge in [0.1, 0.15) is 0 Å². The number of carbonyl (C=O) groups excluding carboxylic acids is 1. The molecule has 0 spiro atoms. The van der Waals surface area contributed by atoms with Crippen LogP contribution in [0.1, 0.15) is 30.9 Å². The normalized spacial score (nSPS) is 13.8. The van der Waals surface area contributed by atoms with E-state index >= 15 is 0 Å². The molecule has 0 unspecified atom stereocenters. The number of hydrogen-bond donors (Lipinski definition) is 3. The first-order chi connectivity index (χ1) is 15.2. The van der Waals surface area contributed by atoms with E-state index in [9.17, 15) is 14.7 Å². The van der Waals surface area contributed by atoms with Crippen molar-refractivity contribution in [3.63, 3.8) is 0 Å². The lowest BCUT2D eigenvalue weighted by Gasteiger charge is -2.26. The number of allylic oxidation sites excluding steroid dienone is 2. The molecule has 0 heterocycles. The largest absolute Gasteiger partial charge is 0.478 e. The molecule has 8 heteroatoms. The predicted molar refractivity (Wildman–Crippen MR) is 127 cm³/mol. The van der Waals surface area contributed by atoms with Crippen molar-refractivity contribution in [2.45, 2.75) is 33.6 Å². The number of carboxylic acid groups (broad SMARTS) is 1. The average Bonchev–Trinajstić information content (AvgIpc) is 2.72. The Kier molecular flexibility index (Phi) is 7.48. The molecule has 6 nitrogen and oxygen atoms in total. The third kappa shape index (κ3) is 5.44. The van der Waals surface area contributed by atoms with Crippen molar-refractivity contribution < 1.29 is 19.4 Å². The van der Waals surface area contributed by atoms with E-state index in [-0.39, 0.29) is 25.0 Å². The maximum Gasteiger partial charge on any atom is 0.336 e. The van der Waals surface area contributed by atoms with Crippen LogP contribution < -0.4 is 10.6 Å². The Labute approximate surface area is 196 Å². The van der Waals surface area contributed by atoms with Gasteiger partial charge in [0.15, 0.2) is 0 Å². The Morgan fingerprint density at radius 2 is 1.38 bits per heavy atom. The summed E-state index contributed by atoms with van der Waals surface area (Å²) in [6, 6.07) is 10.9. The molecule has 3 rings (SSSR count). The summed E-state index contributed by atoms with van der Waals surface area (Å²) in [6.45, 7) is 5.74. The zero-order valence-corrected chi connectivity index (χ0v) is 19.5. The van der Waals surface area contributed by atoms with Gasteiger partial charge in [-0.3, -0.25) is 0 Å². The minimum absolute atomic E-state index is 0.0144. The number of hydrogen-bond acceptors (Lipinski definition) is 5. The summed E-state index contributed by atoms with van der Waals surface area (Å²) < 4.78 is 5.24. The number of anilines is 2. The molecule has 0 fully saturated rings. The van der Waals surface area contributed by atoms with Gasteiger partial charge in [-0.15, -0.1) is 0 Å². The van der Waals surface area contributed by atoms with E-state index in [0.717, 1.165) is 11.1 Å². The number of carboxylic acids is 1. The third-order valence-electron chi connectivity index (χ3n) is 5.04. The van der Waals surface area contributed by atoms with E-state index in [4.69, 9.17) is 27.9 Å². The summed E-state index contributed by atoms with van der Waals surface area (Å²) in [6.07, 6.45) is 0.0238. The Bertz CT molecular complexity index is 1140. The lowest BCUT2D eigenvalue weighted by molar-refractivity contribution is -0.139. The maximum atomic E-state index is 12.7. The molecule has 1 aliphatic carbocycles. The van der Waals surface area contributed by atoms with Crippen LogP contribution in [0.15, 0.2) is 58.9 Å². The molecule has 0 bridgehead atoms. The summed E-state index contributed by atoms with van der Waals surface area (Å²) in [5.41, 5.74) is 4.38. The standard InChI is InChI=1S/C24H24Cl2N2O4/c1-4-32-24(31)16-12-21(27-19-7-5-13(2)9-17(19)25)15(23(29)30)11-22(16)28-20-8-6-14(3)10-18(20)26/h5-10,27-28H,4,11-12H2,1-3H3,(H,29,30). The summed E-state index contributed by atoms with van der Waals surface area (Å²) >= 11 is 12.7. The van der Waals surface area contributed by atoms with Crippen LogP contribution in [0.25, 0.3) is 0 Å². The molecule has 2 aromatic carbocycles. The van der Waals surface area contributed by atoms with Crippen molar-refractivity contribution in [1.29, 1.82) is 0 Å². The Morgan fingerprint density at radius 1 is 0.906 bits per heavy atom. The molecular weight excluding hydrogens is 451 g/mol. The van der Waals surface area contributed by atoms with Crippen LogP contribution in [0.5, 0.6) is 0 Å². The van der Waals surface area contributed by atoms with Gasteiger partial charge in [0.2, 0.25) is 0 Å². The lowest BCUT2D eigenvalue weighted by Crippen LogP contribution is -2.24. The van der Waals surface area contributed by atoms with Gasteiger partial charge in [-0.2, -0.15) is 0 Å². The van der Waals surface area contributed by atoms with Crippen LogP contribution in [0.4, 0.5) is 11.4 Å². The van der Waals surface area contributed by atoms with Crippen molar-refractivity contribution in [1.82, 2.24) is 0 Å². The van der Waals surface area contributed by atoms with E-state index in [2.05, 4.69) is 10.6 Å². The number of esters is 1. The van der Waals surface area contributed by atoms with Crippen molar-refractivity contribution in [3.8, 4) is 0 Å². The molecule has 3 N–H and O–H groups in total. The number of benzene rings is 2. The van der Waals surface area contributed by atoms with Crippen LogP contribution in [0, 0.1) is 13.8 Å². The zero-order chi connectivity index (χ0) is 23.4. The number of nitrogens with one attached hydrogen (secondary N) is 2. The van der Waals surface area contributed by atoms with Gasteiger partial charge in [-0.1, -0.05) is 35.3 Å². The molecule has 0 radical (unpaired) electrons. The molecule has 168 valence electrons. The van der Waals surface area contributed by atoms with E-state index in [1.165, 1.54) is 0 Å². The minimum atomic E-state index is -1.09. The minimum Gasteiger partial charge on any atom is -0.478 e. The summed E-state index contributed by atoms with van der Waals surface area (Å²) in [4.78, 5) is 24.8. The topological polar surface area (TPSA) is 87.7 Å². The number of ether oxygens (including phenoxy) is 1. The molecule has 0 aromatic heterocycles. The summed E-state index contributed by atoms with van der Waals surface area (Å²) in [7, 11) is 0. The molecule has 32 heavy (non-hydrogen) atoms. The smallest absolute Gasteiger partial charge is 0.336 e. The first-order valence-corrected chi connectivity index (χ1v) is 10.9. The van der Waals surface area contributed by atoms with Crippen LogP contribution in [-0.4, -0.2) is 23.7 Å². The highest BCUT2D eigenvalue weighted by atomic mass is 35.5. The highest BCUT2D eigenvalue weighted by molar-refractivity contribution is 6.33. The fourth-order valence-corrected chi connectivity index (χ4v) is 3.97. The van der Waals surface area contributed by atoms with Gasteiger partial charge in [0, 0.05) is 24.2 Å². The third-order valence-corrected chi connectivity index (χ3v) is 5.66. The van der Waals surface area contributed by atoms with E-state index < -0.39 is 11.9 Å². The van der Waals surface area contributed by atoms with Crippen LogP contribution in [-0.2, 0) is 14.3 Å². The van der Waals surface area contributed by atoms with Gasteiger partial charge >= 0.3 is 11.9 Å². The monoisotopic (exact) mass is 474 g/mol. The predicted octanol–water partition coefficient (Wildman–Crippen LogP) is 6.08. The van der Waals surface area contributed by atoms with Crippen molar-refractivity contribution in [2.75, 3.05) is 17.2 Å². The van der Waals surface area contributed by atoms with E-state index in [1.54, 1.807) is 31.2 Å². The molecule has 1 aliphatic rings. The van der Waals surface area contributed by atoms with Crippen molar-refractivity contribution in [2.24, 2.45) is 0 Å². The average molecular weight is 475 g/mol. The second-order valence-electron chi connectivity index (χ2n) is 7.51. The first kappa shape index (κ1) is 23.7. The van der Waals surface area contributed by atoms with Gasteiger partial charge in [-0.05, 0) is 56.2 Å². The Morgan fingerprint density at radius 3 is 1.81 bits per heavy atom. The number of aliphatic carboxylic acids is 1. The number of carbonyl (C=O) groups is 2. The van der Waals surface area contributed by atoms with Gasteiger partial charge in [0.25, 0.3) is 0 Å².